The first-order valence-corrected chi connectivity index (χ1v) is 9.47. The fourth-order valence-corrected chi connectivity index (χ4v) is 3.88. The Morgan fingerprint density at radius 2 is 2.16 bits per heavy atom. The van der Waals surface area contributed by atoms with Gasteiger partial charge in [-0.2, -0.15) is 5.10 Å². The van der Waals surface area contributed by atoms with Gasteiger partial charge in [-0.15, -0.1) is 0 Å². The van der Waals surface area contributed by atoms with Crippen molar-refractivity contribution >= 4 is 21.6 Å². The van der Waals surface area contributed by atoms with E-state index in [0.29, 0.717) is 17.8 Å². The van der Waals surface area contributed by atoms with Crippen LogP contribution in [0.15, 0.2) is 18.6 Å². The zero-order valence-corrected chi connectivity index (χ0v) is 15.2. The zero-order chi connectivity index (χ0) is 18.2. The Hall–Kier alpha value is -2.04. The number of nitrogens with one attached hydrogen (secondary N) is 1. The summed E-state index contributed by atoms with van der Waals surface area (Å²) >= 11 is 0. The molecule has 0 aromatic carbocycles. The summed E-state index contributed by atoms with van der Waals surface area (Å²) in [5.41, 5.74) is 1.74. The molecule has 9 nitrogen and oxygen atoms in total. The summed E-state index contributed by atoms with van der Waals surface area (Å²) in [5.74, 6) is -0.709. The first-order valence-electron chi connectivity index (χ1n) is 7.87. The molecule has 2 atom stereocenters. The zero-order valence-electron chi connectivity index (χ0n) is 14.3. The Morgan fingerprint density at radius 1 is 1.40 bits per heavy atom. The van der Waals surface area contributed by atoms with E-state index < -0.39 is 10.0 Å². The van der Waals surface area contributed by atoms with Gasteiger partial charge in [-0.3, -0.25) is 4.79 Å². The number of sulfonamides is 1. The van der Waals surface area contributed by atoms with Crippen molar-refractivity contribution < 1.29 is 17.9 Å². The highest BCUT2D eigenvalue weighted by atomic mass is 32.2. The van der Waals surface area contributed by atoms with Crippen LogP contribution in [0.3, 0.4) is 0 Å². The normalized spacial score (nSPS) is 21.1. The summed E-state index contributed by atoms with van der Waals surface area (Å²) in [6, 6.07) is -0.373. The number of ether oxygens (including phenoxy) is 1. The standard InChI is InChI=1S/C15H21N5O4S/c1-10-4-16-14-12(5-17-20(14)6-10)15(21)18-13-8-24-7-11(13)9-25(22,23)19(2)3/h4-6,11,13H,7-9H2,1-3H3,(H,18,21)/t11-,13-/m0/s1. The van der Waals surface area contributed by atoms with Gasteiger partial charge in [0.2, 0.25) is 10.0 Å². The molecule has 0 aliphatic carbocycles. The Balaban J connectivity index is 1.75. The molecule has 3 heterocycles. The van der Waals surface area contributed by atoms with Crippen molar-refractivity contribution in [2.24, 2.45) is 5.92 Å². The van der Waals surface area contributed by atoms with E-state index in [1.54, 1.807) is 16.9 Å². The van der Waals surface area contributed by atoms with Crippen LogP contribution in [-0.2, 0) is 14.8 Å². The number of carbonyl (C=O) groups is 1. The van der Waals surface area contributed by atoms with Gasteiger partial charge in [-0.1, -0.05) is 0 Å². The molecule has 1 aliphatic heterocycles. The molecule has 0 saturated carbocycles. The highest BCUT2D eigenvalue weighted by Crippen LogP contribution is 2.18. The average Bonchev–Trinajstić information content (AvgIpc) is 3.13. The van der Waals surface area contributed by atoms with Crippen molar-refractivity contribution in [1.82, 2.24) is 24.2 Å². The van der Waals surface area contributed by atoms with Gasteiger partial charge >= 0.3 is 0 Å². The van der Waals surface area contributed by atoms with Crippen molar-refractivity contribution in [3.63, 3.8) is 0 Å². The monoisotopic (exact) mass is 367 g/mol. The van der Waals surface area contributed by atoms with E-state index in [1.807, 2.05) is 6.92 Å². The molecule has 1 saturated heterocycles. The quantitative estimate of drug-likeness (QED) is 0.776. The molecule has 2 aromatic rings. The van der Waals surface area contributed by atoms with Crippen LogP contribution in [0, 0.1) is 12.8 Å². The molecule has 10 heteroatoms. The van der Waals surface area contributed by atoms with Gasteiger partial charge in [0, 0.05) is 32.4 Å². The molecule has 25 heavy (non-hydrogen) atoms. The van der Waals surface area contributed by atoms with E-state index in [4.69, 9.17) is 4.74 Å². The van der Waals surface area contributed by atoms with Gasteiger partial charge in [-0.25, -0.2) is 22.2 Å². The van der Waals surface area contributed by atoms with E-state index in [2.05, 4.69) is 15.4 Å². The van der Waals surface area contributed by atoms with Crippen LogP contribution in [0.4, 0.5) is 0 Å². The van der Waals surface area contributed by atoms with E-state index >= 15 is 0 Å². The van der Waals surface area contributed by atoms with Gasteiger partial charge in [0.15, 0.2) is 5.65 Å². The van der Waals surface area contributed by atoms with Crippen LogP contribution in [0.25, 0.3) is 5.65 Å². The SMILES string of the molecule is Cc1cnc2c(C(=O)N[C@H]3COC[C@H]3CS(=O)(=O)N(C)C)cnn2c1. The Kier molecular flexibility index (Phi) is 4.76. The van der Waals surface area contributed by atoms with E-state index in [9.17, 15) is 13.2 Å². The number of rotatable bonds is 5. The van der Waals surface area contributed by atoms with Crippen molar-refractivity contribution in [2.75, 3.05) is 33.1 Å². The molecule has 1 aliphatic rings. The molecule has 2 aromatic heterocycles. The van der Waals surface area contributed by atoms with Crippen molar-refractivity contribution in [3.8, 4) is 0 Å². The topological polar surface area (TPSA) is 106 Å². The Labute approximate surface area is 146 Å². The molecule has 0 bridgehead atoms. The molecular weight excluding hydrogens is 346 g/mol. The number of hydrogen-bond donors (Lipinski definition) is 1. The summed E-state index contributed by atoms with van der Waals surface area (Å²) in [7, 11) is -0.387. The number of hydrogen-bond acceptors (Lipinski definition) is 6. The molecule has 1 fully saturated rings. The Bertz CT molecular complexity index is 892. The van der Waals surface area contributed by atoms with Gasteiger partial charge in [0.25, 0.3) is 5.91 Å². The van der Waals surface area contributed by atoms with Crippen molar-refractivity contribution in [2.45, 2.75) is 13.0 Å². The average molecular weight is 367 g/mol. The highest BCUT2D eigenvalue weighted by molar-refractivity contribution is 7.89. The number of aryl methyl sites for hydroxylation is 1. The molecule has 1 amide bonds. The minimum absolute atomic E-state index is 0.0723. The lowest BCUT2D eigenvalue weighted by molar-refractivity contribution is 0.0927. The fourth-order valence-electron chi connectivity index (χ4n) is 2.72. The largest absolute Gasteiger partial charge is 0.379 e. The summed E-state index contributed by atoms with van der Waals surface area (Å²) in [6.45, 7) is 2.47. The van der Waals surface area contributed by atoms with Gasteiger partial charge in [-0.05, 0) is 12.5 Å². The summed E-state index contributed by atoms with van der Waals surface area (Å²) in [4.78, 5) is 16.8. The lowest BCUT2D eigenvalue weighted by Crippen LogP contribution is -2.43. The first kappa shape index (κ1) is 17.8. The van der Waals surface area contributed by atoms with Gasteiger partial charge in [0.1, 0.15) is 5.56 Å². The minimum Gasteiger partial charge on any atom is -0.379 e. The van der Waals surface area contributed by atoms with Crippen LogP contribution < -0.4 is 5.32 Å². The second kappa shape index (κ2) is 6.70. The molecule has 0 unspecified atom stereocenters. The second-order valence-corrected chi connectivity index (χ2v) is 8.62. The third-order valence-electron chi connectivity index (χ3n) is 4.23. The van der Waals surface area contributed by atoms with Crippen LogP contribution in [0.5, 0.6) is 0 Å². The van der Waals surface area contributed by atoms with E-state index in [1.165, 1.54) is 24.6 Å². The molecule has 3 rings (SSSR count). The maximum absolute atomic E-state index is 12.6. The van der Waals surface area contributed by atoms with E-state index in [-0.39, 0.29) is 30.2 Å². The fraction of sp³-hybridized carbons (Fsp3) is 0.533. The van der Waals surface area contributed by atoms with E-state index in [0.717, 1.165) is 5.56 Å². The molecular formula is C15H21N5O4S. The van der Waals surface area contributed by atoms with Crippen LogP contribution in [0.2, 0.25) is 0 Å². The maximum Gasteiger partial charge on any atom is 0.257 e. The molecule has 0 radical (unpaired) electrons. The lowest BCUT2D eigenvalue weighted by Gasteiger charge is -2.20. The number of nitrogens with zero attached hydrogens (tertiary/aromatic N) is 4. The van der Waals surface area contributed by atoms with Crippen LogP contribution in [0.1, 0.15) is 15.9 Å². The van der Waals surface area contributed by atoms with Crippen molar-refractivity contribution in [1.29, 1.82) is 0 Å². The smallest absolute Gasteiger partial charge is 0.257 e. The van der Waals surface area contributed by atoms with Gasteiger partial charge < -0.3 is 10.1 Å². The number of carbonyl (C=O) groups excluding carboxylic acids is 1. The third-order valence-corrected chi connectivity index (χ3v) is 6.19. The molecule has 1 N–H and O–H groups in total. The summed E-state index contributed by atoms with van der Waals surface area (Å²) in [5, 5.41) is 7.00. The maximum atomic E-state index is 12.6. The highest BCUT2D eigenvalue weighted by Gasteiger charge is 2.34. The van der Waals surface area contributed by atoms with Crippen LogP contribution >= 0.6 is 0 Å². The number of amides is 1. The minimum atomic E-state index is -3.37. The lowest BCUT2D eigenvalue weighted by atomic mass is 10.1. The predicted molar refractivity (Wildman–Crippen MR) is 90.8 cm³/mol. The number of fused-ring (bicyclic) bond motifs is 1. The predicted octanol–water partition coefficient (Wildman–Crippen LogP) is -0.326. The van der Waals surface area contributed by atoms with Crippen LogP contribution in [-0.4, -0.2) is 72.3 Å². The molecule has 136 valence electrons. The molecule has 0 spiro atoms. The first-order chi connectivity index (χ1) is 11.8. The van der Waals surface area contributed by atoms with Crippen molar-refractivity contribution in [3.05, 3.63) is 29.7 Å². The summed E-state index contributed by atoms with van der Waals surface area (Å²) < 4.78 is 32.3. The second-order valence-electron chi connectivity index (χ2n) is 6.40. The Morgan fingerprint density at radius 3 is 2.88 bits per heavy atom. The summed E-state index contributed by atoms with van der Waals surface area (Å²) in [6.07, 6.45) is 4.90. The van der Waals surface area contributed by atoms with Gasteiger partial charge in [0.05, 0.1) is 31.2 Å². The third kappa shape index (κ3) is 3.65. The number of aromatic nitrogens is 3.